The zero-order valence-corrected chi connectivity index (χ0v) is 11.4. The molecule has 110 valence electrons. The molecule has 1 aromatic rings. The first-order valence-electron chi connectivity index (χ1n) is 6.52. The minimum absolute atomic E-state index is 0.140. The van der Waals surface area contributed by atoms with Crippen molar-refractivity contribution in [2.45, 2.75) is 32.6 Å². The van der Waals surface area contributed by atoms with Crippen molar-refractivity contribution in [3.63, 3.8) is 0 Å². The molecule has 2 amide bonds. The fourth-order valence-corrected chi connectivity index (χ4v) is 1.68. The summed E-state index contributed by atoms with van der Waals surface area (Å²) in [5.41, 5.74) is 1.00. The van der Waals surface area contributed by atoms with E-state index in [1.807, 2.05) is 6.92 Å². The first-order chi connectivity index (χ1) is 9.49. The summed E-state index contributed by atoms with van der Waals surface area (Å²) >= 11 is 0. The molecule has 0 radical (unpaired) electrons. The van der Waals surface area contributed by atoms with Gasteiger partial charge in [0.2, 0.25) is 0 Å². The lowest BCUT2D eigenvalue weighted by molar-refractivity contribution is -0.137. The van der Waals surface area contributed by atoms with Gasteiger partial charge in [0.1, 0.15) is 5.82 Å². The lowest BCUT2D eigenvalue weighted by Crippen LogP contribution is -2.29. The molecule has 0 saturated heterocycles. The zero-order chi connectivity index (χ0) is 15.0. The number of unbranched alkanes of at least 4 members (excludes halogenated alkanes) is 2. The van der Waals surface area contributed by atoms with E-state index in [0.717, 1.165) is 12.0 Å². The van der Waals surface area contributed by atoms with Gasteiger partial charge in [-0.25, -0.2) is 9.18 Å². The molecular formula is C14H19FN2O3. The second-order valence-electron chi connectivity index (χ2n) is 4.57. The SMILES string of the molecule is Cc1ccc(F)c(NC(=O)NCCCCCC(=O)O)c1. The number of hydrogen-bond donors (Lipinski definition) is 3. The van der Waals surface area contributed by atoms with Gasteiger partial charge in [0.15, 0.2) is 0 Å². The number of aliphatic carboxylic acids is 1. The number of benzene rings is 1. The highest BCUT2D eigenvalue weighted by Gasteiger charge is 2.06. The van der Waals surface area contributed by atoms with Gasteiger partial charge >= 0.3 is 12.0 Å². The van der Waals surface area contributed by atoms with Crippen LogP contribution in [0.1, 0.15) is 31.2 Å². The number of carboxylic acids is 1. The number of aryl methyl sites for hydroxylation is 1. The monoisotopic (exact) mass is 282 g/mol. The molecule has 0 heterocycles. The average Bonchev–Trinajstić information content (AvgIpc) is 2.37. The van der Waals surface area contributed by atoms with Crippen LogP contribution in [0.5, 0.6) is 0 Å². The highest BCUT2D eigenvalue weighted by Crippen LogP contribution is 2.15. The Bertz CT molecular complexity index is 477. The predicted octanol–water partition coefficient (Wildman–Crippen LogP) is 2.90. The van der Waals surface area contributed by atoms with Crippen molar-refractivity contribution < 1.29 is 19.1 Å². The maximum atomic E-state index is 13.4. The van der Waals surface area contributed by atoms with Crippen LogP contribution in [0.15, 0.2) is 18.2 Å². The number of nitrogens with one attached hydrogen (secondary N) is 2. The van der Waals surface area contributed by atoms with Crippen LogP contribution in [-0.2, 0) is 4.79 Å². The van der Waals surface area contributed by atoms with Crippen LogP contribution < -0.4 is 10.6 Å². The van der Waals surface area contributed by atoms with Crippen molar-refractivity contribution in [3.05, 3.63) is 29.6 Å². The summed E-state index contributed by atoms with van der Waals surface area (Å²) in [6.45, 7) is 2.24. The molecule has 5 nitrogen and oxygen atoms in total. The Hall–Kier alpha value is -2.11. The maximum absolute atomic E-state index is 13.4. The van der Waals surface area contributed by atoms with E-state index < -0.39 is 17.8 Å². The van der Waals surface area contributed by atoms with Crippen LogP contribution in [0, 0.1) is 12.7 Å². The summed E-state index contributed by atoms with van der Waals surface area (Å²) in [6.07, 6.45) is 2.15. The third-order valence-corrected chi connectivity index (χ3v) is 2.72. The van der Waals surface area contributed by atoms with E-state index in [2.05, 4.69) is 10.6 Å². The zero-order valence-electron chi connectivity index (χ0n) is 11.4. The van der Waals surface area contributed by atoms with Crippen LogP contribution in [-0.4, -0.2) is 23.7 Å². The number of carbonyl (C=O) groups excluding carboxylic acids is 1. The van der Waals surface area contributed by atoms with Gasteiger partial charge in [0.05, 0.1) is 5.69 Å². The van der Waals surface area contributed by atoms with Gasteiger partial charge < -0.3 is 15.7 Å². The molecule has 0 bridgehead atoms. The third kappa shape index (κ3) is 6.17. The van der Waals surface area contributed by atoms with Gasteiger partial charge in [0, 0.05) is 13.0 Å². The molecule has 0 aliphatic rings. The van der Waals surface area contributed by atoms with E-state index in [9.17, 15) is 14.0 Å². The average molecular weight is 282 g/mol. The van der Waals surface area contributed by atoms with Crippen LogP contribution in [0.3, 0.4) is 0 Å². The van der Waals surface area contributed by atoms with E-state index in [1.165, 1.54) is 6.07 Å². The van der Waals surface area contributed by atoms with Crippen LogP contribution >= 0.6 is 0 Å². The number of halogens is 1. The van der Waals surface area contributed by atoms with Gasteiger partial charge in [-0.1, -0.05) is 12.5 Å². The van der Waals surface area contributed by atoms with Gasteiger partial charge in [-0.2, -0.15) is 0 Å². The number of rotatable bonds is 7. The molecule has 6 heteroatoms. The van der Waals surface area contributed by atoms with Crippen LogP contribution in [0.2, 0.25) is 0 Å². The number of amides is 2. The molecule has 3 N–H and O–H groups in total. The Morgan fingerprint density at radius 3 is 2.70 bits per heavy atom. The Balaban J connectivity index is 2.23. The van der Waals surface area contributed by atoms with E-state index in [1.54, 1.807) is 12.1 Å². The Morgan fingerprint density at radius 1 is 1.25 bits per heavy atom. The number of carbonyl (C=O) groups is 2. The first-order valence-corrected chi connectivity index (χ1v) is 6.52. The maximum Gasteiger partial charge on any atom is 0.319 e. The smallest absolute Gasteiger partial charge is 0.319 e. The molecule has 1 rings (SSSR count). The molecule has 0 aromatic heterocycles. The Morgan fingerprint density at radius 2 is 2.00 bits per heavy atom. The molecular weight excluding hydrogens is 263 g/mol. The van der Waals surface area contributed by atoms with Crippen LogP contribution in [0.25, 0.3) is 0 Å². The molecule has 0 aliphatic carbocycles. The number of anilines is 1. The largest absolute Gasteiger partial charge is 0.481 e. The highest BCUT2D eigenvalue weighted by atomic mass is 19.1. The van der Waals surface area contributed by atoms with E-state index in [4.69, 9.17) is 5.11 Å². The lowest BCUT2D eigenvalue weighted by atomic mass is 10.2. The molecule has 0 saturated carbocycles. The highest BCUT2D eigenvalue weighted by molar-refractivity contribution is 5.89. The summed E-state index contributed by atoms with van der Waals surface area (Å²) in [4.78, 5) is 21.8. The summed E-state index contributed by atoms with van der Waals surface area (Å²) in [7, 11) is 0. The second-order valence-corrected chi connectivity index (χ2v) is 4.57. The molecule has 0 atom stereocenters. The lowest BCUT2D eigenvalue weighted by Gasteiger charge is -2.09. The molecule has 0 unspecified atom stereocenters. The standard InChI is InChI=1S/C14H19FN2O3/c1-10-6-7-11(15)12(9-10)17-14(20)16-8-4-2-3-5-13(18)19/h6-7,9H,2-5,8H2,1H3,(H,18,19)(H2,16,17,20). The summed E-state index contributed by atoms with van der Waals surface area (Å²) in [6, 6.07) is 4.02. The van der Waals surface area contributed by atoms with Gasteiger partial charge in [-0.3, -0.25) is 4.79 Å². The fraction of sp³-hybridized carbons (Fsp3) is 0.429. The van der Waals surface area contributed by atoms with E-state index in [0.29, 0.717) is 19.4 Å². The number of carboxylic acid groups (broad SMARTS) is 1. The fourth-order valence-electron chi connectivity index (χ4n) is 1.68. The van der Waals surface area contributed by atoms with E-state index >= 15 is 0 Å². The molecule has 0 spiro atoms. The van der Waals surface area contributed by atoms with Gasteiger partial charge in [-0.15, -0.1) is 0 Å². The van der Waals surface area contributed by atoms with Crippen molar-refractivity contribution in [2.75, 3.05) is 11.9 Å². The summed E-state index contributed by atoms with van der Waals surface area (Å²) in [5.74, 6) is -1.29. The third-order valence-electron chi connectivity index (χ3n) is 2.72. The molecule has 0 aliphatic heterocycles. The first kappa shape index (κ1) is 15.9. The summed E-state index contributed by atoms with van der Waals surface area (Å²) < 4.78 is 13.4. The molecule has 1 aromatic carbocycles. The van der Waals surface area contributed by atoms with Crippen molar-refractivity contribution in [3.8, 4) is 0 Å². The van der Waals surface area contributed by atoms with Crippen molar-refractivity contribution in [1.29, 1.82) is 0 Å². The van der Waals surface area contributed by atoms with E-state index in [-0.39, 0.29) is 12.1 Å². The predicted molar refractivity (Wildman–Crippen MR) is 74.3 cm³/mol. The Labute approximate surface area is 117 Å². The minimum Gasteiger partial charge on any atom is -0.481 e. The Kier molecular flexibility index (Phi) is 6.49. The van der Waals surface area contributed by atoms with Crippen molar-refractivity contribution in [2.24, 2.45) is 0 Å². The number of urea groups is 1. The number of hydrogen-bond acceptors (Lipinski definition) is 2. The summed E-state index contributed by atoms with van der Waals surface area (Å²) in [5, 5.41) is 13.5. The van der Waals surface area contributed by atoms with Gasteiger partial charge in [0.25, 0.3) is 0 Å². The van der Waals surface area contributed by atoms with Crippen LogP contribution in [0.4, 0.5) is 14.9 Å². The second kappa shape index (κ2) is 8.14. The minimum atomic E-state index is -0.814. The molecule has 0 fully saturated rings. The quantitative estimate of drug-likeness (QED) is 0.673. The molecule has 20 heavy (non-hydrogen) atoms. The van der Waals surface area contributed by atoms with Crippen molar-refractivity contribution in [1.82, 2.24) is 5.32 Å². The van der Waals surface area contributed by atoms with Crippen molar-refractivity contribution >= 4 is 17.7 Å². The van der Waals surface area contributed by atoms with Gasteiger partial charge in [-0.05, 0) is 37.5 Å². The normalized spacial score (nSPS) is 10.1. The topological polar surface area (TPSA) is 78.4 Å².